The Morgan fingerprint density at radius 2 is 2.08 bits per heavy atom. The molecule has 2 heterocycles. The summed E-state index contributed by atoms with van der Waals surface area (Å²) in [5.74, 6) is 0.602. The number of aryl methyl sites for hydroxylation is 1. The van der Waals surface area contributed by atoms with Gasteiger partial charge in [0.15, 0.2) is 11.5 Å². The second-order valence-electron chi connectivity index (χ2n) is 6.01. The highest BCUT2D eigenvalue weighted by atomic mass is 16.5. The Bertz CT molecular complexity index is 785. The normalized spacial score (nSPS) is 16.2. The Morgan fingerprint density at radius 1 is 1.31 bits per heavy atom. The van der Waals surface area contributed by atoms with Crippen LogP contribution in [0.15, 0.2) is 12.1 Å². The van der Waals surface area contributed by atoms with Crippen LogP contribution >= 0.6 is 0 Å². The summed E-state index contributed by atoms with van der Waals surface area (Å²) in [6, 6.07) is 3.45. The summed E-state index contributed by atoms with van der Waals surface area (Å²) in [6.45, 7) is 5.20. The average Bonchev–Trinajstić information content (AvgIpc) is 3.08. The second kappa shape index (κ2) is 8.05. The van der Waals surface area contributed by atoms with E-state index in [1.807, 2.05) is 6.92 Å². The molecule has 1 aliphatic rings. The molecular formula is C17H23N7O2. The smallest absolute Gasteiger partial charge is 0.277 e. The lowest BCUT2D eigenvalue weighted by atomic mass is 9.91. The van der Waals surface area contributed by atoms with Crippen LogP contribution in [0.5, 0.6) is 0 Å². The Labute approximate surface area is 151 Å². The van der Waals surface area contributed by atoms with Crippen molar-refractivity contribution < 1.29 is 9.53 Å². The number of carbonyl (C=O) groups excluding carboxylic acids is 1. The molecule has 1 unspecified atom stereocenters. The maximum Gasteiger partial charge on any atom is 0.277 e. The summed E-state index contributed by atoms with van der Waals surface area (Å²) in [5, 5.41) is 29.0. The summed E-state index contributed by atoms with van der Waals surface area (Å²) in [7, 11) is 0. The number of aromatic amines is 1. The zero-order chi connectivity index (χ0) is 18.5. The number of anilines is 2. The van der Waals surface area contributed by atoms with Gasteiger partial charge in [-0.05, 0) is 38.3 Å². The van der Waals surface area contributed by atoms with Gasteiger partial charge in [0.25, 0.3) is 5.91 Å². The molecule has 0 saturated heterocycles. The van der Waals surface area contributed by atoms with Crippen molar-refractivity contribution in [2.75, 3.05) is 23.8 Å². The van der Waals surface area contributed by atoms with E-state index in [1.54, 1.807) is 12.1 Å². The first-order valence-electron chi connectivity index (χ1n) is 8.79. The van der Waals surface area contributed by atoms with Crippen molar-refractivity contribution >= 4 is 23.3 Å². The summed E-state index contributed by atoms with van der Waals surface area (Å²) in [5.41, 5.74) is 2.18. The minimum absolute atomic E-state index is 0.234. The maximum absolute atomic E-state index is 12.7. The molecule has 0 aliphatic heterocycles. The molecule has 0 spiro atoms. The van der Waals surface area contributed by atoms with Crippen LogP contribution < -0.4 is 10.6 Å². The van der Waals surface area contributed by atoms with Gasteiger partial charge in [-0.2, -0.15) is 5.10 Å². The monoisotopic (exact) mass is 357 g/mol. The molecule has 1 aliphatic carbocycles. The Balaban J connectivity index is 1.77. The van der Waals surface area contributed by atoms with Gasteiger partial charge < -0.3 is 20.8 Å². The minimum Gasteiger partial charge on any atom is -0.369 e. The molecule has 2 aromatic rings. The zero-order valence-electron chi connectivity index (χ0n) is 14.9. The van der Waals surface area contributed by atoms with Crippen LogP contribution in [0.3, 0.4) is 0 Å². The van der Waals surface area contributed by atoms with Crippen molar-refractivity contribution in [3.8, 4) is 0 Å². The van der Waals surface area contributed by atoms with Gasteiger partial charge >= 0.3 is 0 Å². The molecule has 9 nitrogen and oxygen atoms in total. The molecule has 138 valence electrons. The van der Waals surface area contributed by atoms with Gasteiger partial charge in [0.2, 0.25) is 0 Å². The highest BCUT2D eigenvalue weighted by Crippen LogP contribution is 2.32. The van der Waals surface area contributed by atoms with E-state index in [0.717, 1.165) is 18.7 Å². The van der Waals surface area contributed by atoms with Gasteiger partial charge in [-0.1, -0.05) is 6.92 Å². The van der Waals surface area contributed by atoms with Crippen LogP contribution in [0.2, 0.25) is 0 Å². The molecule has 1 atom stereocenters. The number of amides is 1. The van der Waals surface area contributed by atoms with Crippen LogP contribution in [-0.4, -0.2) is 45.2 Å². The third-order valence-corrected chi connectivity index (χ3v) is 4.12. The highest BCUT2D eigenvalue weighted by Gasteiger charge is 2.33. The maximum atomic E-state index is 12.7. The molecule has 0 aromatic carbocycles. The van der Waals surface area contributed by atoms with E-state index >= 15 is 0 Å². The fraction of sp³-hybridized carbons (Fsp3) is 0.471. The van der Waals surface area contributed by atoms with Crippen molar-refractivity contribution in [1.29, 1.82) is 5.41 Å². The van der Waals surface area contributed by atoms with Gasteiger partial charge in [-0.3, -0.25) is 9.89 Å². The number of nitrogens with zero attached hydrogens (tertiary/aromatic N) is 3. The number of H-pyrrole nitrogens is 1. The number of ether oxygens (including phenoxy) is 1. The van der Waals surface area contributed by atoms with Gasteiger partial charge in [0, 0.05) is 30.1 Å². The first kappa shape index (κ1) is 18.0. The van der Waals surface area contributed by atoms with Crippen molar-refractivity contribution in [2.24, 2.45) is 0 Å². The number of aromatic nitrogens is 4. The molecule has 1 amide bonds. The molecule has 3 rings (SSSR count). The molecule has 26 heavy (non-hydrogen) atoms. The molecule has 9 heteroatoms. The molecule has 0 saturated carbocycles. The number of carbonyl (C=O) groups is 1. The Hall–Kier alpha value is -2.81. The number of hydrogen-bond acceptors (Lipinski definition) is 7. The lowest BCUT2D eigenvalue weighted by Gasteiger charge is -2.23. The number of nitrogens with one attached hydrogen (secondary N) is 4. The van der Waals surface area contributed by atoms with Crippen LogP contribution in [-0.2, 0) is 11.2 Å². The topological polar surface area (TPSA) is 129 Å². The molecule has 0 bridgehead atoms. The summed E-state index contributed by atoms with van der Waals surface area (Å²) in [6.07, 6.45) is 1.70. The van der Waals surface area contributed by atoms with E-state index in [0.29, 0.717) is 42.4 Å². The lowest BCUT2D eigenvalue weighted by molar-refractivity contribution is 0.0970. The molecule has 0 radical (unpaired) electrons. The summed E-state index contributed by atoms with van der Waals surface area (Å²) >= 11 is 0. The standard InChI is InChI=1S/C17H23N7O2/c1-3-9-19-12-7-8-13(23-22-12)20-17(25)15-14-11(21-24-15)6-5-10(18)16(14)26-4-2/h7-8,16,18H,3-6,9H2,1-2H3,(H,19,22)(H,21,24)(H,20,23,25). The number of fused-ring (bicyclic) bond motifs is 1. The van der Waals surface area contributed by atoms with E-state index < -0.39 is 12.0 Å². The van der Waals surface area contributed by atoms with Gasteiger partial charge in [-0.15, -0.1) is 10.2 Å². The molecule has 2 aromatic heterocycles. The van der Waals surface area contributed by atoms with Gasteiger partial charge in [0.1, 0.15) is 11.9 Å². The predicted octanol–water partition coefficient (Wildman–Crippen LogP) is 2.32. The molecular weight excluding hydrogens is 334 g/mol. The van der Waals surface area contributed by atoms with E-state index in [4.69, 9.17) is 10.1 Å². The summed E-state index contributed by atoms with van der Waals surface area (Å²) < 4.78 is 5.67. The average molecular weight is 357 g/mol. The van der Waals surface area contributed by atoms with Gasteiger partial charge in [-0.25, -0.2) is 0 Å². The van der Waals surface area contributed by atoms with Crippen molar-refractivity contribution in [2.45, 2.75) is 39.2 Å². The molecule has 0 fully saturated rings. The number of rotatable bonds is 7. The van der Waals surface area contributed by atoms with Gasteiger partial charge in [0.05, 0.1) is 0 Å². The van der Waals surface area contributed by atoms with Crippen molar-refractivity contribution in [3.63, 3.8) is 0 Å². The third-order valence-electron chi connectivity index (χ3n) is 4.12. The quantitative estimate of drug-likeness (QED) is 0.602. The van der Waals surface area contributed by atoms with Crippen LogP contribution in [0.4, 0.5) is 11.6 Å². The fourth-order valence-electron chi connectivity index (χ4n) is 2.87. The largest absolute Gasteiger partial charge is 0.369 e. The van der Waals surface area contributed by atoms with E-state index in [9.17, 15) is 4.79 Å². The van der Waals surface area contributed by atoms with Crippen molar-refractivity contribution in [3.05, 3.63) is 29.1 Å². The Morgan fingerprint density at radius 3 is 2.77 bits per heavy atom. The lowest BCUT2D eigenvalue weighted by Crippen LogP contribution is -2.25. The minimum atomic E-state index is -0.532. The van der Waals surface area contributed by atoms with E-state index in [-0.39, 0.29) is 5.69 Å². The second-order valence-corrected chi connectivity index (χ2v) is 6.01. The predicted molar refractivity (Wildman–Crippen MR) is 97.8 cm³/mol. The Kier molecular flexibility index (Phi) is 5.57. The first-order chi connectivity index (χ1) is 12.6. The van der Waals surface area contributed by atoms with E-state index in [1.165, 1.54) is 0 Å². The zero-order valence-corrected chi connectivity index (χ0v) is 14.9. The van der Waals surface area contributed by atoms with Crippen molar-refractivity contribution in [1.82, 2.24) is 20.4 Å². The first-order valence-corrected chi connectivity index (χ1v) is 8.79. The highest BCUT2D eigenvalue weighted by molar-refractivity contribution is 6.05. The van der Waals surface area contributed by atoms with Crippen LogP contribution in [0, 0.1) is 5.41 Å². The van der Waals surface area contributed by atoms with Crippen LogP contribution in [0.25, 0.3) is 0 Å². The fourth-order valence-corrected chi connectivity index (χ4v) is 2.87. The number of hydrogen-bond donors (Lipinski definition) is 4. The van der Waals surface area contributed by atoms with Crippen LogP contribution in [0.1, 0.15) is 54.5 Å². The van der Waals surface area contributed by atoms with E-state index in [2.05, 4.69) is 38.0 Å². The SMILES string of the molecule is CCCNc1ccc(NC(=O)c2n[nH]c3c2C(OCC)C(=N)CC3)nn1. The third kappa shape index (κ3) is 3.72. The summed E-state index contributed by atoms with van der Waals surface area (Å²) in [4.78, 5) is 12.7. The molecule has 4 N–H and O–H groups in total.